The summed E-state index contributed by atoms with van der Waals surface area (Å²) in [5.74, 6) is 0.108. The molecule has 0 radical (unpaired) electrons. The van der Waals surface area contributed by atoms with Gasteiger partial charge >= 0.3 is 0 Å². The van der Waals surface area contributed by atoms with Gasteiger partial charge < -0.3 is 15.0 Å². The molecule has 3 aromatic rings. The zero-order valence-corrected chi connectivity index (χ0v) is 18.1. The number of hydrogen-bond donors (Lipinski definition) is 1. The minimum atomic E-state index is -0.667. The highest BCUT2D eigenvalue weighted by atomic mass is 35.5. The summed E-state index contributed by atoms with van der Waals surface area (Å²) in [5.41, 5.74) is 1.87. The van der Waals surface area contributed by atoms with Crippen molar-refractivity contribution in [2.75, 3.05) is 6.61 Å². The van der Waals surface area contributed by atoms with Gasteiger partial charge in [-0.05, 0) is 42.3 Å². The molecule has 6 heteroatoms. The summed E-state index contributed by atoms with van der Waals surface area (Å²) in [7, 11) is 0. The van der Waals surface area contributed by atoms with Crippen molar-refractivity contribution in [3.8, 4) is 5.75 Å². The number of benzene rings is 3. The van der Waals surface area contributed by atoms with Crippen LogP contribution in [0.3, 0.4) is 0 Å². The maximum atomic E-state index is 13.0. The van der Waals surface area contributed by atoms with Gasteiger partial charge in [-0.25, -0.2) is 0 Å². The zero-order valence-electron chi connectivity index (χ0n) is 17.3. The number of nitrogens with zero attached hydrogens (tertiary/aromatic N) is 1. The molecule has 160 valence electrons. The zero-order chi connectivity index (χ0) is 22.1. The number of nitrogens with one attached hydrogen (secondary N) is 1. The van der Waals surface area contributed by atoms with Gasteiger partial charge in [0.25, 0.3) is 5.91 Å². The van der Waals surface area contributed by atoms with E-state index in [9.17, 15) is 9.59 Å². The van der Waals surface area contributed by atoms with Gasteiger partial charge in [-0.2, -0.15) is 0 Å². The Kier molecular flexibility index (Phi) is 8.07. The van der Waals surface area contributed by atoms with Crippen molar-refractivity contribution in [3.05, 3.63) is 101 Å². The van der Waals surface area contributed by atoms with Gasteiger partial charge in [-0.3, -0.25) is 9.59 Å². The minimum Gasteiger partial charge on any atom is -0.484 e. The SMILES string of the molecule is CC(C(=O)NCc1ccc(Cl)cc1)N(Cc1ccccc1)C(=O)COc1ccccc1. The molecule has 0 saturated carbocycles. The van der Waals surface area contributed by atoms with Crippen LogP contribution < -0.4 is 10.1 Å². The first-order chi connectivity index (χ1) is 15.0. The van der Waals surface area contributed by atoms with Gasteiger partial charge in [0, 0.05) is 18.1 Å². The second-order valence-electron chi connectivity index (χ2n) is 7.13. The lowest BCUT2D eigenvalue weighted by Gasteiger charge is -2.28. The van der Waals surface area contributed by atoms with Crippen molar-refractivity contribution in [1.29, 1.82) is 0 Å². The van der Waals surface area contributed by atoms with E-state index in [1.54, 1.807) is 31.2 Å². The van der Waals surface area contributed by atoms with Crippen LogP contribution in [0.1, 0.15) is 18.1 Å². The minimum absolute atomic E-state index is 0.147. The first-order valence-electron chi connectivity index (χ1n) is 10.1. The number of ether oxygens (including phenoxy) is 1. The highest BCUT2D eigenvalue weighted by Gasteiger charge is 2.26. The molecule has 31 heavy (non-hydrogen) atoms. The number of rotatable bonds is 9. The summed E-state index contributed by atoms with van der Waals surface area (Å²) < 4.78 is 5.62. The van der Waals surface area contributed by atoms with E-state index in [0.29, 0.717) is 23.9 Å². The molecule has 0 bridgehead atoms. The summed E-state index contributed by atoms with van der Waals surface area (Å²) >= 11 is 5.91. The molecule has 5 nitrogen and oxygen atoms in total. The van der Waals surface area contributed by atoms with E-state index < -0.39 is 6.04 Å². The van der Waals surface area contributed by atoms with Crippen LogP contribution in [-0.2, 0) is 22.7 Å². The first-order valence-corrected chi connectivity index (χ1v) is 10.4. The van der Waals surface area contributed by atoms with E-state index in [2.05, 4.69) is 5.32 Å². The van der Waals surface area contributed by atoms with Crippen LogP contribution in [0.4, 0.5) is 0 Å². The molecule has 0 heterocycles. The highest BCUT2D eigenvalue weighted by molar-refractivity contribution is 6.30. The third-order valence-electron chi connectivity index (χ3n) is 4.85. The molecule has 0 aliphatic carbocycles. The number of halogens is 1. The van der Waals surface area contributed by atoms with E-state index in [0.717, 1.165) is 11.1 Å². The van der Waals surface area contributed by atoms with Gasteiger partial charge in [0.1, 0.15) is 11.8 Å². The fourth-order valence-corrected chi connectivity index (χ4v) is 3.17. The maximum Gasteiger partial charge on any atom is 0.261 e. The van der Waals surface area contributed by atoms with Gasteiger partial charge in [0.05, 0.1) is 0 Å². The predicted octanol–water partition coefficient (Wildman–Crippen LogP) is 4.45. The van der Waals surface area contributed by atoms with Crippen LogP contribution in [0.15, 0.2) is 84.9 Å². The van der Waals surface area contributed by atoms with E-state index in [1.807, 2.05) is 60.7 Å². The van der Waals surface area contributed by atoms with E-state index in [4.69, 9.17) is 16.3 Å². The average molecular weight is 437 g/mol. The first kappa shape index (κ1) is 22.4. The largest absolute Gasteiger partial charge is 0.484 e. The van der Waals surface area contributed by atoms with Crippen molar-refractivity contribution in [1.82, 2.24) is 10.2 Å². The monoisotopic (exact) mass is 436 g/mol. The molecule has 1 unspecified atom stereocenters. The molecule has 0 aromatic heterocycles. The number of carbonyl (C=O) groups excluding carboxylic acids is 2. The van der Waals surface area contributed by atoms with Gasteiger partial charge in [0.2, 0.25) is 5.91 Å². The molecular formula is C25H25ClN2O3. The number of hydrogen-bond acceptors (Lipinski definition) is 3. The van der Waals surface area contributed by atoms with E-state index >= 15 is 0 Å². The Morgan fingerprint density at radius 2 is 1.52 bits per heavy atom. The molecule has 0 fully saturated rings. The third-order valence-corrected chi connectivity index (χ3v) is 5.10. The van der Waals surface area contributed by atoms with Gasteiger partial charge in [-0.1, -0.05) is 72.3 Å². The number of para-hydroxylation sites is 1. The number of amides is 2. The normalized spacial score (nSPS) is 11.4. The molecule has 3 aromatic carbocycles. The van der Waals surface area contributed by atoms with Crippen LogP contribution in [0, 0.1) is 0 Å². The summed E-state index contributed by atoms with van der Waals surface area (Å²) in [5, 5.41) is 3.54. The van der Waals surface area contributed by atoms with Crippen LogP contribution in [-0.4, -0.2) is 29.4 Å². The lowest BCUT2D eigenvalue weighted by molar-refractivity contribution is -0.142. The lowest BCUT2D eigenvalue weighted by atomic mass is 10.1. The molecule has 0 aliphatic rings. The molecule has 1 atom stereocenters. The van der Waals surface area contributed by atoms with Crippen molar-refractivity contribution >= 4 is 23.4 Å². The number of carbonyl (C=O) groups is 2. The predicted molar refractivity (Wildman–Crippen MR) is 122 cm³/mol. The van der Waals surface area contributed by atoms with Crippen LogP contribution >= 0.6 is 11.6 Å². The van der Waals surface area contributed by atoms with Crippen molar-refractivity contribution < 1.29 is 14.3 Å². The second kappa shape index (κ2) is 11.2. The maximum absolute atomic E-state index is 13.0. The Hall–Kier alpha value is -3.31. The summed E-state index contributed by atoms with van der Waals surface area (Å²) in [4.78, 5) is 27.3. The molecule has 1 N–H and O–H groups in total. The van der Waals surface area contributed by atoms with Crippen LogP contribution in [0.5, 0.6) is 5.75 Å². The third kappa shape index (κ3) is 6.86. The topological polar surface area (TPSA) is 58.6 Å². The quantitative estimate of drug-likeness (QED) is 0.539. The fraction of sp³-hybridized carbons (Fsp3) is 0.200. The van der Waals surface area contributed by atoms with Gasteiger partial charge in [-0.15, -0.1) is 0 Å². The second-order valence-corrected chi connectivity index (χ2v) is 7.57. The van der Waals surface area contributed by atoms with Crippen molar-refractivity contribution in [2.24, 2.45) is 0 Å². The molecule has 0 aliphatic heterocycles. The molecular weight excluding hydrogens is 412 g/mol. The van der Waals surface area contributed by atoms with Crippen molar-refractivity contribution in [3.63, 3.8) is 0 Å². The summed E-state index contributed by atoms with van der Waals surface area (Å²) in [6.45, 7) is 2.24. The summed E-state index contributed by atoms with van der Waals surface area (Å²) in [6.07, 6.45) is 0. The Morgan fingerprint density at radius 1 is 0.903 bits per heavy atom. The smallest absolute Gasteiger partial charge is 0.261 e. The molecule has 2 amide bonds. The standard InChI is InChI=1S/C25H25ClN2O3/c1-19(25(30)27-16-20-12-14-22(26)15-13-20)28(17-21-8-4-2-5-9-21)24(29)18-31-23-10-6-3-7-11-23/h2-15,19H,16-18H2,1H3,(H,27,30). The van der Waals surface area contributed by atoms with Gasteiger partial charge in [0.15, 0.2) is 6.61 Å². The Bertz CT molecular complexity index is 979. The molecule has 0 saturated heterocycles. The Labute approximate surface area is 187 Å². The highest BCUT2D eigenvalue weighted by Crippen LogP contribution is 2.13. The summed E-state index contributed by atoms with van der Waals surface area (Å²) in [6, 6.07) is 25.3. The average Bonchev–Trinajstić information content (AvgIpc) is 2.81. The Balaban J connectivity index is 1.66. The van der Waals surface area contributed by atoms with E-state index in [-0.39, 0.29) is 18.4 Å². The fourth-order valence-electron chi connectivity index (χ4n) is 3.05. The molecule has 0 spiro atoms. The Morgan fingerprint density at radius 3 is 2.16 bits per heavy atom. The van der Waals surface area contributed by atoms with Crippen molar-refractivity contribution in [2.45, 2.75) is 26.1 Å². The molecule has 3 rings (SSSR count). The lowest BCUT2D eigenvalue weighted by Crippen LogP contribution is -2.48. The van der Waals surface area contributed by atoms with E-state index in [1.165, 1.54) is 4.90 Å². The van der Waals surface area contributed by atoms with Crippen LogP contribution in [0.2, 0.25) is 5.02 Å². The van der Waals surface area contributed by atoms with Crippen LogP contribution in [0.25, 0.3) is 0 Å².